The maximum Gasteiger partial charge on any atom is -0.0199 e. The topological polar surface area (TPSA) is 0 Å². The van der Waals surface area contributed by atoms with Crippen molar-refractivity contribution in [3.63, 3.8) is 0 Å². The van der Waals surface area contributed by atoms with Crippen molar-refractivity contribution in [2.24, 2.45) is 23.2 Å². The predicted octanol–water partition coefficient (Wildman–Crippen LogP) is 4.66. The molecule has 0 nitrogen and oxygen atoms in total. The van der Waals surface area contributed by atoms with E-state index in [1.165, 1.54) is 19.3 Å². The molecule has 1 fully saturated rings. The van der Waals surface area contributed by atoms with Gasteiger partial charge in [-0.3, -0.25) is 0 Å². The lowest BCUT2D eigenvalue weighted by molar-refractivity contribution is 0.266. The molecule has 0 spiro atoms. The highest BCUT2D eigenvalue weighted by atomic mass is 14.4. The van der Waals surface area contributed by atoms with Gasteiger partial charge < -0.3 is 0 Å². The molecule has 2 aliphatic rings. The van der Waals surface area contributed by atoms with Crippen LogP contribution in [0, 0.1) is 23.2 Å². The largest absolute Gasteiger partial charge is 0.0851 e. The molecule has 0 aromatic heterocycles. The van der Waals surface area contributed by atoms with Crippen LogP contribution in [0.15, 0.2) is 12.2 Å². The zero-order valence-electron chi connectivity index (χ0n) is 10.5. The van der Waals surface area contributed by atoms with Crippen molar-refractivity contribution >= 4 is 0 Å². The number of hydrogen-bond acceptors (Lipinski definition) is 0. The van der Waals surface area contributed by atoms with Crippen molar-refractivity contribution in [2.75, 3.05) is 0 Å². The Morgan fingerprint density at radius 3 is 2.07 bits per heavy atom. The third kappa shape index (κ3) is 2.87. The van der Waals surface area contributed by atoms with E-state index >= 15 is 0 Å². The van der Waals surface area contributed by atoms with Crippen molar-refractivity contribution in [3.8, 4) is 0 Å². The van der Waals surface area contributed by atoms with Crippen LogP contribution in [0.1, 0.15) is 53.9 Å². The number of hydrogen-bond donors (Lipinski definition) is 0. The van der Waals surface area contributed by atoms with Gasteiger partial charge in [-0.2, -0.15) is 0 Å². The summed E-state index contributed by atoms with van der Waals surface area (Å²) in [5.74, 6) is 2.89. The Balaban J connectivity index is 0.000000461. The van der Waals surface area contributed by atoms with Crippen LogP contribution in [0.5, 0.6) is 0 Å². The van der Waals surface area contributed by atoms with Crippen LogP contribution >= 0.6 is 0 Å². The molecule has 82 valence electrons. The van der Waals surface area contributed by atoms with E-state index in [0.717, 1.165) is 17.8 Å². The van der Waals surface area contributed by atoms with Gasteiger partial charge in [-0.25, -0.2) is 0 Å². The predicted molar refractivity (Wildman–Crippen MR) is 64.3 cm³/mol. The lowest BCUT2D eigenvalue weighted by atomic mass is 9.79. The SMILES string of the molecule is CC.CC(C)(C)CC1CC2C=CC1C2. The van der Waals surface area contributed by atoms with E-state index in [1.807, 2.05) is 13.8 Å². The Labute approximate surface area is 89.8 Å². The van der Waals surface area contributed by atoms with Crippen LogP contribution in [0.3, 0.4) is 0 Å². The lowest BCUT2D eigenvalue weighted by Crippen LogP contribution is -2.16. The minimum absolute atomic E-state index is 0.531. The molecule has 0 aliphatic heterocycles. The minimum atomic E-state index is 0.531. The summed E-state index contributed by atoms with van der Waals surface area (Å²) < 4.78 is 0. The summed E-state index contributed by atoms with van der Waals surface area (Å²) in [6.45, 7) is 11.1. The molecule has 14 heavy (non-hydrogen) atoms. The van der Waals surface area contributed by atoms with Crippen molar-refractivity contribution in [1.29, 1.82) is 0 Å². The van der Waals surface area contributed by atoms with E-state index in [2.05, 4.69) is 32.9 Å². The Morgan fingerprint density at radius 2 is 1.71 bits per heavy atom. The van der Waals surface area contributed by atoms with Crippen LogP contribution in [-0.4, -0.2) is 0 Å². The van der Waals surface area contributed by atoms with Gasteiger partial charge in [0.25, 0.3) is 0 Å². The third-order valence-corrected chi connectivity index (χ3v) is 3.29. The van der Waals surface area contributed by atoms with Gasteiger partial charge in [0.2, 0.25) is 0 Å². The molecule has 2 bridgehead atoms. The lowest BCUT2D eigenvalue weighted by Gasteiger charge is -2.26. The molecule has 3 atom stereocenters. The molecule has 3 unspecified atom stereocenters. The molecule has 1 saturated carbocycles. The first-order valence-corrected chi connectivity index (χ1v) is 6.23. The molecule has 0 aromatic carbocycles. The zero-order chi connectivity index (χ0) is 10.8. The molecule has 0 N–H and O–H groups in total. The van der Waals surface area contributed by atoms with Gasteiger partial charge in [0.05, 0.1) is 0 Å². The van der Waals surface area contributed by atoms with Crippen molar-refractivity contribution < 1.29 is 0 Å². The van der Waals surface area contributed by atoms with Crippen LogP contribution in [0.25, 0.3) is 0 Å². The molecule has 0 aromatic rings. The number of allylic oxidation sites excluding steroid dienone is 2. The maximum atomic E-state index is 2.46. The molecule has 0 saturated heterocycles. The van der Waals surface area contributed by atoms with Gasteiger partial charge >= 0.3 is 0 Å². The Morgan fingerprint density at radius 1 is 1.07 bits per heavy atom. The molecule has 0 amide bonds. The van der Waals surface area contributed by atoms with E-state index in [1.54, 1.807) is 0 Å². The summed E-state index contributed by atoms with van der Waals surface area (Å²) in [6.07, 6.45) is 9.24. The molecular formula is C14H26. The summed E-state index contributed by atoms with van der Waals surface area (Å²) in [5, 5.41) is 0. The highest BCUT2D eigenvalue weighted by Gasteiger charge is 2.37. The average molecular weight is 194 g/mol. The Bertz CT molecular complexity index is 195. The second kappa shape index (κ2) is 4.51. The number of rotatable bonds is 1. The highest BCUT2D eigenvalue weighted by Crippen LogP contribution is 2.47. The normalized spacial score (nSPS) is 34.2. The highest BCUT2D eigenvalue weighted by molar-refractivity contribution is 5.10. The summed E-state index contributed by atoms with van der Waals surface area (Å²) in [6, 6.07) is 0. The van der Waals surface area contributed by atoms with Crippen LogP contribution < -0.4 is 0 Å². The fourth-order valence-corrected chi connectivity index (χ4v) is 2.92. The van der Waals surface area contributed by atoms with Crippen molar-refractivity contribution in [2.45, 2.75) is 53.9 Å². The quantitative estimate of drug-likeness (QED) is 0.532. The first-order chi connectivity index (χ1) is 6.54. The fraction of sp³-hybridized carbons (Fsp3) is 0.857. The van der Waals surface area contributed by atoms with Gasteiger partial charge in [0.1, 0.15) is 0 Å². The van der Waals surface area contributed by atoms with Crippen molar-refractivity contribution in [1.82, 2.24) is 0 Å². The summed E-state index contributed by atoms with van der Waals surface area (Å²) in [4.78, 5) is 0. The number of fused-ring (bicyclic) bond motifs is 2. The summed E-state index contributed by atoms with van der Waals surface area (Å²) in [5.41, 5.74) is 0.531. The fourth-order valence-electron chi connectivity index (χ4n) is 2.92. The van der Waals surface area contributed by atoms with Crippen LogP contribution in [0.4, 0.5) is 0 Å². The standard InChI is InChI=1S/C12H20.C2H6/c1-12(2,3)8-11-7-9-4-5-10(11)6-9;1-2/h4-5,9-11H,6-8H2,1-3H3;1-2H3. The van der Waals surface area contributed by atoms with Crippen molar-refractivity contribution in [3.05, 3.63) is 12.2 Å². The van der Waals surface area contributed by atoms with Gasteiger partial charge in [-0.05, 0) is 42.4 Å². The molecular weight excluding hydrogens is 168 g/mol. The van der Waals surface area contributed by atoms with E-state index in [4.69, 9.17) is 0 Å². The van der Waals surface area contributed by atoms with Gasteiger partial charge in [-0.1, -0.05) is 46.8 Å². The molecule has 0 heteroatoms. The summed E-state index contributed by atoms with van der Waals surface area (Å²) in [7, 11) is 0. The first kappa shape index (κ1) is 11.8. The van der Waals surface area contributed by atoms with Gasteiger partial charge in [0, 0.05) is 0 Å². The zero-order valence-corrected chi connectivity index (χ0v) is 10.5. The second-order valence-corrected chi connectivity index (χ2v) is 5.81. The summed E-state index contributed by atoms with van der Waals surface area (Å²) >= 11 is 0. The first-order valence-electron chi connectivity index (χ1n) is 6.23. The van der Waals surface area contributed by atoms with Crippen LogP contribution in [-0.2, 0) is 0 Å². The van der Waals surface area contributed by atoms with Gasteiger partial charge in [-0.15, -0.1) is 0 Å². The van der Waals surface area contributed by atoms with E-state index in [9.17, 15) is 0 Å². The van der Waals surface area contributed by atoms with E-state index in [0.29, 0.717) is 5.41 Å². The molecule has 2 rings (SSSR count). The Hall–Kier alpha value is -0.260. The Kier molecular flexibility index (Phi) is 3.80. The van der Waals surface area contributed by atoms with Crippen LogP contribution in [0.2, 0.25) is 0 Å². The minimum Gasteiger partial charge on any atom is -0.0851 e. The molecule has 2 aliphatic carbocycles. The van der Waals surface area contributed by atoms with E-state index < -0.39 is 0 Å². The smallest absolute Gasteiger partial charge is 0.0199 e. The third-order valence-electron chi connectivity index (χ3n) is 3.29. The maximum absolute atomic E-state index is 2.46. The second-order valence-electron chi connectivity index (χ2n) is 5.81. The van der Waals surface area contributed by atoms with Gasteiger partial charge in [0.15, 0.2) is 0 Å². The average Bonchev–Trinajstić information content (AvgIpc) is 2.65. The van der Waals surface area contributed by atoms with E-state index in [-0.39, 0.29) is 0 Å². The molecule has 0 radical (unpaired) electrons. The monoisotopic (exact) mass is 194 g/mol. The molecule has 0 heterocycles.